The molecule has 5 heteroatoms. The average Bonchev–Trinajstić information content (AvgIpc) is 3.76. The van der Waals surface area contributed by atoms with Crippen molar-refractivity contribution in [2.45, 2.75) is 85.5 Å². The van der Waals surface area contributed by atoms with Gasteiger partial charge in [-0.05, 0) is 125 Å². The SMILES string of the molecule is Cc1cc2c(cc1C)N(c1cc(Oc3ccc4c5ccccc5n(-c5cc(C(C)(C)C)ccn5)c4c3)cc(C(C)(C)c3ccccc3)c1)CN2c1cccc(C(C)(C)C)c1. The zero-order chi connectivity index (χ0) is 42.1. The monoisotopic (exact) mass is 788 g/mol. The summed E-state index contributed by atoms with van der Waals surface area (Å²) in [6, 6.07) is 50.8. The zero-order valence-corrected chi connectivity index (χ0v) is 36.8. The van der Waals surface area contributed by atoms with E-state index in [1.807, 2.05) is 6.20 Å². The maximum absolute atomic E-state index is 7.04. The third-order valence-electron chi connectivity index (χ3n) is 12.6. The van der Waals surface area contributed by atoms with Crippen molar-refractivity contribution < 1.29 is 4.74 Å². The van der Waals surface area contributed by atoms with E-state index in [9.17, 15) is 0 Å². The molecular formula is C55H56N4O. The minimum atomic E-state index is -0.304. The molecular weight excluding hydrogens is 733 g/mol. The zero-order valence-electron chi connectivity index (χ0n) is 36.8. The predicted octanol–water partition coefficient (Wildman–Crippen LogP) is 14.8. The van der Waals surface area contributed by atoms with Crippen LogP contribution in [-0.4, -0.2) is 16.2 Å². The number of para-hydroxylation sites is 1. The number of benzene rings is 6. The van der Waals surface area contributed by atoms with Crippen molar-refractivity contribution in [3.63, 3.8) is 0 Å². The minimum Gasteiger partial charge on any atom is -0.457 e. The van der Waals surface area contributed by atoms with Gasteiger partial charge in [-0.2, -0.15) is 0 Å². The molecule has 0 bridgehead atoms. The summed E-state index contributed by atoms with van der Waals surface area (Å²) in [6.07, 6.45) is 1.93. The number of fused-ring (bicyclic) bond motifs is 4. The molecule has 0 atom stereocenters. The van der Waals surface area contributed by atoms with Crippen LogP contribution in [0.25, 0.3) is 27.6 Å². The molecule has 0 unspecified atom stereocenters. The van der Waals surface area contributed by atoms with E-state index in [4.69, 9.17) is 9.72 Å². The lowest BCUT2D eigenvalue weighted by molar-refractivity contribution is 0.480. The van der Waals surface area contributed by atoms with Crippen LogP contribution in [0.3, 0.4) is 0 Å². The van der Waals surface area contributed by atoms with Crippen LogP contribution in [0, 0.1) is 13.8 Å². The Balaban J connectivity index is 1.19. The number of nitrogens with zero attached hydrogens (tertiary/aromatic N) is 4. The third-order valence-corrected chi connectivity index (χ3v) is 12.6. The molecule has 0 radical (unpaired) electrons. The number of aryl methyl sites for hydroxylation is 2. The summed E-state index contributed by atoms with van der Waals surface area (Å²) in [6.45, 7) is 23.3. The molecule has 8 aromatic rings. The molecule has 302 valence electrons. The van der Waals surface area contributed by atoms with E-state index in [0.717, 1.165) is 39.4 Å². The van der Waals surface area contributed by atoms with Gasteiger partial charge in [0.05, 0.1) is 22.4 Å². The summed E-state index contributed by atoms with van der Waals surface area (Å²) in [5.41, 5.74) is 14.1. The van der Waals surface area contributed by atoms with Gasteiger partial charge in [0.15, 0.2) is 0 Å². The van der Waals surface area contributed by atoms with E-state index in [1.54, 1.807) is 0 Å². The van der Waals surface area contributed by atoms with E-state index in [0.29, 0.717) is 6.67 Å². The standard InChI is InChI=1S/C55H56N4O/c1-36-27-50-51(28-37(36)2)58(35-57(50)42-20-16-19-39(29-42)53(3,4)5)43-30-41(55(9,10)38-17-12-11-13-18-38)31-45(33-43)60-44-23-24-47-46-21-14-15-22-48(46)59(49(47)34-44)52-32-40(25-26-56-52)54(6,7)8/h11-34H,35H2,1-10H3. The van der Waals surface area contributed by atoms with Crippen LogP contribution in [0.5, 0.6) is 11.5 Å². The van der Waals surface area contributed by atoms with Gasteiger partial charge in [0.1, 0.15) is 24.0 Å². The number of rotatable bonds is 7. The first-order valence-electron chi connectivity index (χ1n) is 21.2. The van der Waals surface area contributed by atoms with Gasteiger partial charge in [-0.1, -0.05) is 116 Å². The van der Waals surface area contributed by atoms with Crippen LogP contribution in [0.1, 0.15) is 88.8 Å². The Morgan fingerprint density at radius 2 is 1.10 bits per heavy atom. The fourth-order valence-corrected chi connectivity index (χ4v) is 8.68. The molecule has 0 saturated carbocycles. The number of ether oxygens (including phenoxy) is 1. The molecule has 1 aliphatic rings. The summed E-state index contributed by atoms with van der Waals surface area (Å²) >= 11 is 0. The Hall–Kier alpha value is -6.33. The number of aromatic nitrogens is 2. The topological polar surface area (TPSA) is 33.5 Å². The fraction of sp³-hybridized carbons (Fsp3) is 0.255. The number of anilines is 4. The quantitative estimate of drug-likeness (QED) is 0.161. The van der Waals surface area contributed by atoms with Gasteiger partial charge in [0.25, 0.3) is 0 Å². The second-order valence-electron chi connectivity index (χ2n) is 19.2. The number of pyridine rings is 1. The molecule has 5 nitrogen and oxygen atoms in total. The van der Waals surface area contributed by atoms with E-state index in [-0.39, 0.29) is 16.2 Å². The first-order valence-corrected chi connectivity index (χ1v) is 21.2. The lowest BCUT2D eigenvalue weighted by Crippen LogP contribution is -2.25. The van der Waals surface area contributed by atoms with Crippen LogP contribution in [-0.2, 0) is 16.2 Å². The Bertz CT molecular complexity index is 2910. The van der Waals surface area contributed by atoms with Gasteiger partial charge in [-0.3, -0.25) is 4.57 Å². The fourth-order valence-electron chi connectivity index (χ4n) is 8.68. The van der Waals surface area contributed by atoms with Crippen LogP contribution in [0.15, 0.2) is 146 Å². The molecule has 60 heavy (non-hydrogen) atoms. The van der Waals surface area contributed by atoms with Crippen molar-refractivity contribution in [2.24, 2.45) is 0 Å². The first-order chi connectivity index (χ1) is 28.6. The maximum atomic E-state index is 7.04. The molecule has 0 amide bonds. The van der Waals surface area contributed by atoms with Gasteiger partial charge in [-0.15, -0.1) is 0 Å². The van der Waals surface area contributed by atoms with E-state index < -0.39 is 0 Å². The van der Waals surface area contributed by atoms with Crippen molar-refractivity contribution in [3.8, 4) is 17.3 Å². The van der Waals surface area contributed by atoms with Crippen molar-refractivity contribution in [1.82, 2.24) is 9.55 Å². The maximum Gasteiger partial charge on any atom is 0.137 e. The van der Waals surface area contributed by atoms with Gasteiger partial charge in [0, 0.05) is 45.9 Å². The summed E-state index contributed by atoms with van der Waals surface area (Å²) in [4.78, 5) is 9.84. The molecule has 9 rings (SSSR count). The average molecular weight is 789 g/mol. The lowest BCUT2D eigenvalue weighted by Gasteiger charge is -2.29. The van der Waals surface area contributed by atoms with Gasteiger partial charge in [0.2, 0.25) is 0 Å². The number of hydrogen-bond donors (Lipinski definition) is 0. The summed E-state index contributed by atoms with van der Waals surface area (Å²) in [7, 11) is 0. The molecule has 0 N–H and O–H groups in total. The van der Waals surface area contributed by atoms with E-state index in [1.165, 1.54) is 55.8 Å². The molecule has 0 aliphatic carbocycles. The Morgan fingerprint density at radius 1 is 0.483 bits per heavy atom. The molecule has 1 aliphatic heterocycles. The summed E-state index contributed by atoms with van der Waals surface area (Å²) in [5.74, 6) is 2.46. The van der Waals surface area contributed by atoms with Gasteiger partial charge < -0.3 is 14.5 Å². The normalized spacial score (nSPS) is 13.4. The Labute approximate surface area is 355 Å². The lowest BCUT2D eigenvalue weighted by atomic mass is 9.78. The van der Waals surface area contributed by atoms with Crippen LogP contribution in [0.4, 0.5) is 22.7 Å². The van der Waals surface area contributed by atoms with Gasteiger partial charge >= 0.3 is 0 Å². The van der Waals surface area contributed by atoms with Crippen LogP contribution < -0.4 is 14.5 Å². The molecule has 0 spiro atoms. The van der Waals surface area contributed by atoms with Crippen molar-refractivity contribution in [2.75, 3.05) is 16.5 Å². The highest BCUT2D eigenvalue weighted by Gasteiger charge is 2.32. The largest absolute Gasteiger partial charge is 0.457 e. The van der Waals surface area contributed by atoms with E-state index >= 15 is 0 Å². The Morgan fingerprint density at radius 3 is 1.82 bits per heavy atom. The molecule has 2 aromatic heterocycles. The summed E-state index contributed by atoms with van der Waals surface area (Å²) < 4.78 is 9.32. The smallest absolute Gasteiger partial charge is 0.137 e. The third kappa shape index (κ3) is 7.00. The van der Waals surface area contributed by atoms with Crippen molar-refractivity contribution >= 4 is 44.6 Å². The highest BCUT2D eigenvalue weighted by molar-refractivity contribution is 6.09. The van der Waals surface area contributed by atoms with Crippen molar-refractivity contribution in [1.29, 1.82) is 0 Å². The first kappa shape index (κ1) is 39.1. The molecule has 0 fully saturated rings. The summed E-state index contributed by atoms with van der Waals surface area (Å²) in [5, 5.41) is 2.35. The molecule has 6 aromatic carbocycles. The highest BCUT2D eigenvalue weighted by atomic mass is 16.5. The van der Waals surface area contributed by atoms with E-state index in [2.05, 4.69) is 223 Å². The molecule has 3 heterocycles. The van der Waals surface area contributed by atoms with Crippen molar-refractivity contribution in [3.05, 3.63) is 179 Å². The van der Waals surface area contributed by atoms with Crippen LogP contribution >= 0.6 is 0 Å². The van der Waals surface area contributed by atoms with Gasteiger partial charge in [-0.25, -0.2) is 4.98 Å². The minimum absolute atomic E-state index is 0.0121. The second-order valence-corrected chi connectivity index (χ2v) is 19.2. The molecule has 0 saturated heterocycles. The number of hydrogen-bond acceptors (Lipinski definition) is 4. The van der Waals surface area contributed by atoms with Crippen LogP contribution in [0.2, 0.25) is 0 Å². The Kier molecular flexibility index (Phi) is 9.42. The highest BCUT2D eigenvalue weighted by Crippen LogP contribution is 2.48. The predicted molar refractivity (Wildman–Crippen MR) is 253 cm³/mol. The second kappa shape index (κ2) is 14.4.